The van der Waals surface area contributed by atoms with Gasteiger partial charge < -0.3 is 5.73 Å². The Labute approximate surface area is 110 Å². The molecular weight excluding hydrogens is 342 g/mol. The van der Waals surface area contributed by atoms with Gasteiger partial charge in [0.1, 0.15) is 6.07 Å². The van der Waals surface area contributed by atoms with Crippen LogP contribution in [0.1, 0.15) is 0 Å². The number of benzene rings is 1. The third-order valence-corrected chi connectivity index (χ3v) is 3.16. The minimum atomic E-state index is -1.27. The Morgan fingerprint density at radius 1 is 1.62 bits per heavy atom. The molecule has 0 aromatic heterocycles. The van der Waals surface area contributed by atoms with Crippen molar-refractivity contribution in [2.24, 2.45) is 16.0 Å². The summed E-state index contributed by atoms with van der Waals surface area (Å²) in [6.45, 7) is 0. The smallest absolute Gasteiger partial charge is 0.258 e. The van der Waals surface area contributed by atoms with Gasteiger partial charge in [-0.1, -0.05) is 11.6 Å². The normalized spacial score (nSPS) is 12.3. The van der Waals surface area contributed by atoms with Crippen LogP contribution in [0.15, 0.2) is 28.4 Å². The van der Waals surface area contributed by atoms with Crippen molar-refractivity contribution in [2.45, 2.75) is 6.04 Å². The number of nitriles is 1. The highest BCUT2D eigenvalue weighted by atomic mass is 127. The van der Waals surface area contributed by atoms with Crippen molar-refractivity contribution in [3.63, 3.8) is 0 Å². The van der Waals surface area contributed by atoms with Crippen LogP contribution in [0.2, 0.25) is 5.02 Å². The molecule has 1 amide bonds. The highest BCUT2D eigenvalue weighted by Crippen LogP contribution is 2.24. The highest BCUT2D eigenvalue weighted by Gasteiger charge is 2.11. The molecular formula is C9H6ClIN4O. The Morgan fingerprint density at radius 3 is 2.81 bits per heavy atom. The molecule has 0 heterocycles. The van der Waals surface area contributed by atoms with Gasteiger partial charge in [0, 0.05) is 3.57 Å². The molecule has 0 aliphatic rings. The maximum atomic E-state index is 10.7. The summed E-state index contributed by atoms with van der Waals surface area (Å²) in [4.78, 5) is 10.7. The van der Waals surface area contributed by atoms with Crippen LogP contribution in [0.5, 0.6) is 0 Å². The molecule has 1 unspecified atom stereocenters. The molecule has 0 saturated heterocycles. The van der Waals surface area contributed by atoms with Crippen molar-refractivity contribution in [3.05, 3.63) is 26.8 Å². The number of amides is 1. The molecule has 0 radical (unpaired) electrons. The standard InChI is InChI=1S/C9H6ClIN4O/c10-6-3-5(1-2-7(6)11)14-15-8(4-12)9(13)16/h1-3,8H,(H2,13,16). The number of hydrogen-bond acceptors (Lipinski definition) is 4. The van der Waals surface area contributed by atoms with E-state index in [2.05, 4.69) is 32.8 Å². The maximum Gasteiger partial charge on any atom is 0.258 e. The third-order valence-electron chi connectivity index (χ3n) is 1.58. The molecule has 1 aromatic carbocycles. The number of primary amides is 1. The van der Waals surface area contributed by atoms with Gasteiger partial charge in [0.05, 0.1) is 10.7 Å². The van der Waals surface area contributed by atoms with Crippen LogP contribution in [0.25, 0.3) is 0 Å². The first-order valence-corrected chi connectivity index (χ1v) is 5.55. The van der Waals surface area contributed by atoms with E-state index >= 15 is 0 Å². The van der Waals surface area contributed by atoms with E-state index in [0.29, 0.717) is 10.7 Å². The summed E-state index contributed by atoms with van der Waals surface area (Å²) < 4.78 is 0.880. The van der Waals surface area contributed by atoms with Crippen LogP contribution in [-0.4, -0.2) is 11.9 Å². The van der Waals surface area contributed by atoms with Crippen molar-refractivity contribution in [3.8, 4) is 6.07 Å². The van der Waals surface area contributed by atoms with E-state index in [9.17, 15) is 4.79 Å². The summed E-state index contributed by atoms with van der Waals surface area (Å²) in [5.74, 6) is -0.831. The molecule has 1 aromatic rings. The van der Waals surface area contributed by atoms with Crippen LogP contribution >= 0.6 is 34.2 Å². The van der Waals surface area contributed by atoms with E-state index in [1.165, 1.54) is 0 Å². The molecule has 0 aliphatic heterocycles. The fourth-order valence-electron chi connectivity index (χ4n) is 0.818. The molecule has 2 N–H and O–H groups in total. The van der Waals surface area contributed by atoms with Gasteiger partial charge in [-0.25, -0.2) is 0 Å². The summed E-state index contributed by atoms with van der Waals surface area (Å²) in [6.07, 6.45) is 0. The van der Waals surface area contributed by atoms with E-state index in [1.54, 1.807) is 24.3 Å². The lowest BCUT2D eigenvalue weighted by molar-refractivity contribution is -0.118. The average molecular weight is 349 g/mol. The number of hydrogen-bond donors (Lipinski definition) is 1. The second-order valence-corrected chi connectivity index (χ2v) is 4.32. The number of azo groups is 1. The molecule has 1 atom stereocenters. The second kappa shape index (κ2) is 5.77. The number of nitrogens with two attached hydrogens (primary N) is 1. The fourth-order valence-corrected chi connectivity index (χ4v) is 1.33. The Kier molecular flexibility index (Phi) is 4.64. The molecule has 0 aliphatic carbocycles. The van der Waals surface area contributed by atoms with Gasteiger partial charge in [-0.05, 0) is 40.8 Å². The van der Waals surface area contributed by atoms with E-state index in [0.717, 1.165) is 3.57 Å². The van der Waals surface area contributed by atoms with Crippen molar-refractivity contribution in [1.82, 2.24) is 0 Å². The maximum absolute atomic E-state index is 10.7. The van der Waals surface area contributed by atoms with Crippen LogP contribution in [0.3, 0.4) is 0 Å². The highest BCUT2D eigenvalue weighted by molar-refractivity contribution is 14.1. The van der Waals surface area contributed by atoms with E-state index in [-0.39, 0.29) is 0 Å². The zero-order valence-corrected chi connectivity index (χ0v) is 10.8. The minimum absolute atomic E-state index is 0.465. The predicted octanol–water partition coefficient (Wildman–Crippen LogP) is 2.41. The number of rotatable bonds is 3. The molecule has 5 nitrogen and oxygen atoms in total. The van der Waals surface area contributed by atoms with E-state index in [1.807, 2.05) is 0 Å². The van der Waals surface area contributed by atoms with Gasteiger partial charge in [0.2, 0.25) is 6.04 Å². The SMILES string of the molecule is N#CC(N=Nc1ccc(I)c(Cl)c1)C(N)=O. The summed E-state index contributed by atoms with van der Waals surface area (Å²) in [5, 5.41) is 16.3. The average Bonchev–Trinajstić information content (AvgIpc) is 2.23. The van der Waals surface area contributed by atoms with Gasteiger partial charge >= 0.3 is 0 Å². The van der Waals surface area contributed by atoms with Crippen molar-refractivity contribution in [2.75, 3.05) is 0 Å². The first kappa shape index (κ1) is 12.9. The number of halogens is 2. The third kappa shape index (κ3) is 3.43. The first-order valence-electron chi connectivity index (χ1n) is 4.09. The topological polar surface area (TPSA) is 91.6 Å². The lowest BCUT2D eigenvalue weighted by Gasteiger charge is -1.98. The first-order chi connectivity index (χ1) is 7.54. The summed E-state index contributed by atoms with van der Waals surface area (Å²) in [6, 6.07) is 5.37. The Morgan fingerprint density at radius 2 is 2.31 bits per heavy atom. The van der Waals surface area contributed by atoms with Crippen molar-refractivity contribution < 1.29 is 4.79 Å². The van der Waals surface area contributed by atoms with Crippen molar-refractivity contribution >= 4 is 45.8 Å². The molecule has 1 rings (SSSR count). The zero-order valence-electron chi connectivity index (χ0n) is 7.89. The van der Waals surface area contributed by atoms with E-state index in [4.69, 9.17) is 22.6 Å². The minimum Gasteiger partial charge on any atom is -0.367 e. The summed E-state index contributed by atoms with van der Waals surface area (Å²) >= 11 is 7.93. The quantitative estimate of drug-likeness (QED) is 0.671. The lowest BCUT2D eigenvalue weighted by atomic mass is 10.3. The number of carbonyl (C=O) groups is 1. The molecule has 0 bridgehead atoms. The zero-order chi connectivity index (χ0) is 12.1. The van der Waals surface area contributed by atoms with Crippen molar-refractivity contribution in [1.29, 1.82) is 5.26 Å². The Hall–Kier alpha value is -1.20. The van der Waals surface area contributed by atoms with E-state index < -0.39 is 11.9 Å². The predicted molar refractivity (Wildman–Crippen MR) is 67.3 cm³/mol. The second-order valence-electron chi connectivity index (χ2n) is 2.75. The van der Waals surface area contributed by atoms with Gasteiger partial charge in [-0.15, -0.1) is 0 Å². The summed E-state index contributed by atoms with van der Waals surface area (Å²) in [5.41, 5.74) is 5.39. The lowest BCUT2D eigenvalue weighted by Crippen LogP contribution is -2.24. The molecule has 0 fully saturated rings. The van der Waals surface area contributed by atoms with Crippen LogP contribution in [-0.2, 0) is 4.79 Å². The van der Waals surface area contributed by atoms with Crippen LogP contribution in [0.4, 0.5) is 5.69 Å². The molecule has 0 spiro atoms. The van der Waals surface area contributed by atoms with Crippen LogP contribution in [0, 0.1) is 14.9 Å². The summed E-state index contributed by atoms with van der Waals surface area (Å²) in [7, 11) is 0. The number of carbonyl (C=O) groups excluding carboxylic acids is 1. The van der Waals surface area contributed by atoms with Crippen LogP contribution < -0.4 is 5.73 Å². The molecule has 16 heavy (non-hydrogen) atoms. The fraction of sp³-hybridized carbons (Fsp3) is 0.111. The van der Waals surface area contributed by atoms with Gasteiger partial charge in [-0.3, -0.25) is 4.79 Å². The Bertz CT molecular complexity index is 483. The van der Waals surface area contributed by atoms with Gasteiger partial charge in [0.15, 0.2) is 0 Å². The monoisotopic (exact) mass is 348 g/mol. The molecule has 7 heteroatoms. The van der Waals surface area contributed by atoms with Gasteiger partial charge in [-0.2, -0.15) is 15.5 Å². The molecule has 82 valence electrons. The molecule has 0 saturated carbocycles. The van der Waals surface area contributed by atoms with Gasteiger partial charge in [0.25, 0.3) is 5.91 Å². The Balaban J connectivity index is 2.88. The number of nitrogens with zero attached hydrogens (tertiary/aromatic N) is 3. The largest absolute Gasteiger partial charge is 0.367 e.